The highest BCUT2D eigenvalue weighted by atomic mass is 14.7. The summed E-state index contributed by atoms with van der Waals surface area (Å²) in [6.45, 7) is 5.90. The fourth-order valence-corrected chi connectivity index (χ4v) is 0.923. The van der Waals surface area contributed by atoms with E-state index in [0.29, 0.717) is 0 Å². The molecule has 0 radical (unpaired) electrons. The Balaban J connectivity index is 3.31. The van der Waals surface area contributed by atoms with Crippen molar-refractivity contribution in [1.29, 1.82) is 0 Å². The molecule has 0 unspecified atom stereocenters. The molecule has 0 saturated heterocycles. The van der Waals surface area contributed by atoms with E-state index >= 15 is 0 Å². The molecule has 1 heterocycles. The maximum atomic E-state index is 5.68. The Kier molecular flexibility index (Phi) is 1.62. The van der Waals surface area contributed by atoms with Crippen molar-refractivity contribution in [1.82, 2.24) is 4.98 Å². The van der Waals surface area contributed by atoms with Crippen LogP contribution < -0.4 is 5.73 Å². The Labute approximate surface area is 61.1 Å². The number of pyridine rings is 1. The van der Waals surface area contributed by atoms with E-state index in [4.69, 9.17) is 5.73 Å². The van der Waals surface area contributed by atoms with Crippen LogP contribution in [0.2, 0.25) is 0 Å². The number of aryl methyl sites for hydroxylation is 2. The molecule has 1 rings (SSSR count). The fraction of sp³-hybridized carbons (Fsp3) is 0.375. The first-order valence-electron chi connectivity index (χ1n) is 3.31. The molecule has 0 saturated carbocycles. The molecule has 1 aromatic rings. The largest absolute Gasteiger partial charge is 0.398 e. The molecule has 0 fully saturated rings. The Morgan fingerprint density at radius 3 is 2.40 bits per heavy atom. The number of nitrogens with zero attached hydrogens (tertiary/aromatic N) is 1. The lowest BCUT2D eigenvalue weighted by Gasteiger charge is -2.03. The van der Waals surface area contributed by atoms with Crippen LogP contribution in [0.4, 0.5) is 5.69 Å². The van der Waals surface area contributed by atoms with Gasteiger partial charge < -0.3 is 5.73 Å². The lowest BCUT2D eigenvalue weighted by Crippen LogP contribution is -1.96. The monoisotopic (exact) mass is 136 g/mol. The standard InChI is InChI=1S/C8H12N2/c1-5-4-8(9)6(2)7(3)10-5/h4H,1-3H3,(H2,9,10). The van der Waals surface area contributed by atoms with Crippen molar-refractivity contribution in [2.45, 2.75) is 20.8 Å². The van der Waals surface area contributed by atoms with Gasteiger partial charge in [-0.3, -0.25) is 4.98 Å². The SMILES string of the molecule is Cc1cc(N)c(C)c(C)n1. The second kappa shape index (κ2) is 2.29. The van der Waals surface area contributed by atoms with Crippen molar-refractivity contribution in [3.8, 4) is 0 Å². The van der Waals surface area contributed by atoms with Gasteiger partial charge in [-0.05, 0) is 32.4 Å². The summed E-state index contributed by atoms with van der Waals surface area (Å²) in [5.41, 5.74) is 9.62. The molecule has 0 amide bonds. The van der Waals surface area contributed by atoms with Crippen molar-refractivity contribution >= 4 is 5.69 Å². The summed E-state index contributed by atoms with van der Waals surface area (Å²) in [5, 5.41) is 0. The lowest BCUT2D eigenvalue weighted by atomic mass is 10.2. The number of nitrogens with two attached hydrogens (primary N) is 1. The van der Waals surface area contributed by atoms with Crippen LogP contribution in [0, 0.1) is 20.8 Å². The first-order valence-corrected chi connectivity index (χ1v) is 3.31. The molecule has 1 aromatic heterocycles. The van der Waals surface area contributed by atoms with Gasteiger partial charge >= 0.3 is 0 Å². The van der Waals surface area contributed by atoms with E-state index in [2.05, 4.69) is 4.98 Å². The van der Waals surface area contributed by atoms with E-state index < -0.39 is 0 Å². The number of nitrogen functional groups attached to an aromatic ring is 1. The maximum Gasteiger partial charge on any atom is 0.0425 e. The summed E-state index contributed by atoms with van der Waals surface area (Å²) in [5.74, 6) is 0. The van der Waals surface area contributed by atoms with Gasteiger partial charge in [0.05, 0.1) is 0 Å². The number of anilines is 1. The summed E-state index contributed by atoms with van der Waals surface area (Å²) in [4.78, 5) is 4.25. The lowest BCUT2D eigenvalue weighted by molar-refractivity contribution is 1.09. The average Bonchev–Trinajstić information content (AvgIpc) is 1.82. The topological polar surface area (TPSA) is 38.9 Å². The Morgan fingerprint density at radius 2 is 1.90 bits per heavy atom. The van der Waals surface area contributed by atoms with Crippen molar-refractivity contribution in [3.05, 3.63) is 23.0 Å². The highest BCUT2D eigenvalue weighted by molar-refractivity contribution is 5.48. The molecule has 54 valence electrons. The highest BCUT2D eigenvalue weighted by Gasteiger charge is 1.98. The second-order valence-electron chi connectivity index (χ2n) is 2.56. The second-order valence-corrected chi connectivity index (χ2v) is 2.56. The molecule has 2 N–H and O–H groups in total. The maximum absolute atomic E-state index is 5.68. The van der Waals surface area contributed by atoms with Crippen LogP contribution in [0.5, 0.6) is 0 Å². The molecular weight excluding hydrogens is 124 g/mol. The van der Waals surface area contributed by atoms with E-state index in [-0.39, 0.29) is 0 Å². The van der Waals surface area contributed by atoms with Gasteiger partial charge in [0.1, 0.15) is 0 Å². The van der Waals surface area contributed by atoms with Gasteiger partial charge in [0.25, 0.3) is 0 Å². The van der Waals surface area contributed by atoms with Gasteiger partial charge in [0.2, 0.25) is 0 Å². The number of hydrogen-bond acceptors (Lipinski definition) is 2. The van der Waals surface area contributed by atoms with Crippen LogP contribution in [-0.4, -0.2) is 4.98 Å². The van der Waals surface area contributed by atoms with Crippen LogP contribution in [0.25, 0.3) is 0 Å². The summed E-state index contributed by atoms with van der Waals surface area (Å²) in [6.07, 6.45) is 0. The van der Waals surface area contributed by atoms with Crippen LogP contribution in [0.1, 0.15) is 17.0 Å². The minimum Gasteiger partial charge on any atom is -0.398 e. The minimum atomic E-state index is 0.838. The zero-order valence-electron chi connectivity index (χ0n) is 6.60. The summed E-state index contributed by atoms with van der Waals surface area (Å²) >= 11 is 0. The van der Waals surface area contributed by atoms with Crippen LogP contribution in [0.15, 0.2) is 6.07 Å². The van der Waals surface area contributed by atoms with Crippen molar-refractivity contribution in [2.24, 2.45) is 0 Å². The van der Waals surface area contributed by atoms with Crippen molar-refractivity contribution < 1.29 is 0 Å². The molecule has 10 heavy (non-hydrogen) atoms. The highest BCUT2D eigenvalue weighted by Crippen LogP contribution is 2.13. The number of hydrogen-bond donors (Lipinski definition) is 1. The quantitative estimate of drug-likeness (QED) is 0.588. The summed E-state index contributed by atoms with van der Waals surface area (Å²) in [6, 6.07) is 1.89. The third-order valence-electron chi connectivity index (χ3n) is 1.68. The predicted octanol–water partition coefficient (Wildman–Crippen LogP) is 1.59. The van der Waals surface area contributed by atoms with E-state index in [1.807, 2.05) is 26.8 Å². The van der Waals surface area contributed by atoms with E-state index in [9.17, 15) is 0 Å². The molecule has 2 nitrogen and oxygen atoms in total. The van der Waals surface area contributed by atoms with Gasteiger partial charge in [-0.15, -0.1) is 0 Å². The number of aromatic nitrogens is 1. The number of rotatable bonds is 0. The molecule has 0 spiro atoms. The molecule has 2 heteroatoms. The molecule has 0 atom stereocenters. The average molecular weight is 136 g/mol. The van der Waals surface area contributed by atoms with E-state index in [1.54, 1.807) is 0 Å². The third-order valence-corrected chi connectivity index (χ3v) is 1.68. The fourth-order valence-electron chi connectivity index (χ4n) is 0.923. The Bertz CT molecular complexity index is 230. The Hall–Kier alpha value is -1.05. The third kappa shape index (κ3) is 1.10. The molecule has 0 aliphatic heterocycles. The molecule has 0 aliphatic carbocycles. The van der Waals surface area contributed by atoms with Gasteiger partial charge in [-0.2, -0.15) is 0 Å². The van der Waals surface area contributed by atoms with Crippen LogP contribution >= 0.6 is 0 Å². The van der Waals surface area contributed by atoms with Gasteiger partial charge in [-0.25, -0.2) is 0 Å². The van der Waals surface area contributed by atoms with Crippen molar-refractivity contribution in [2.75, 3.05) is 5.73 Å². The first-order chi connectivity index (χ1) is 4.61. The van der Waals surface area contributed by atoms with Gasteiger partial charge in [0.15, 0.2) is 0 Å². The minimum absolute atomic E-state index is 0.838. The van der Waals surface area contributed by atoms with Gasteiger partial charge in [-0.1, -0.05) is 0 Å². The van der Waals surface area contributed by atoms with Gasteiger partial charge in [0, 0.05) is 17.1 Å². The van der Waals surface area contributed by atoms with E-state index in [0.717, 1.165) is 22.6 Å². The van der Waals surface area contributed by atoms with Crippen LogP contribution in [-0.2, 0) is 0 Å². The summed E-state index contributed by atoms with van der Waals surface area (Å²) in [7, 11) is 0. The zero-order chi connectivity index (χ0) is 7.72. The van der Waals surface area contributed by atoms with E-state index in [1.165, 1.54) is 0 Å². The zero-order valence-corrected chi connectivity index (χ0v) is 6.60. The summed E-state index contributed by atoms with van der Waals surface area (Å²) < 4.78 is 0. The molecule has 0 aromatic carbocycles. The molecule has 0 bridgehead atoms. The normalized spacial score (nSPS) is 9.90. The predicted molar refractivity (Wildman–Crippen MR) is 42.9 cm³/mol. The molecular formula is C8H12N2. The van der Waals surface area contributed by atoms with Crippen molar-refractivity contribution in [3.63, 3.8) is 0 Å². The van der Waals surface area contributed by atoms with Crippen LogP contribution in [0.3, 0.4) is 0 Å². The first kappa shape index (κ1) is 7.06. The molecule has 0 aliphatic rings. The smallest absolute Gasteiger partial charge is 0.0425 e. The Morgan fingerprint density at radius 1 is 1.30 bits per heavy atom.